The third-order valence-corrected chi connectivity index (χ3v) is 7.94. The molecule has 2 amide bonds. The first-order chi connectivity index (χ1) is 14.8. The maximum Gasteiger partial charge on any atom is 0.252 e. The molecule has 0 radical (unpaired) electrons. The summed E-state index contributed by atoms with van der Waals surface area (Å²) in [6.45, 7) is 1.87. The SMILES string of the molecule is Cc1ccc(S(=O)(=O)N(C2CCCC2)C2CC(=O)N(c3ccc(C#N)cc3)C2=O)cc1. The molecule has 31 heavy (non-hydrogen) atoms. The van der Waals surface area contributed by atoms with Crippen LogP contribution in [0.1, 0.15) is 43.2 Å². The molecule has 1 heterocycles. The molecule has 0 spiro atoms. The van der Waals surface area contributed by atoms with Crippen LogP contribution in [0.4, 0.5) is 5.69 Å². The molecule has 2 aromatic rings. The van der Waals surface area contributed by atoms with Gasteiger partial charge in [0.2, 0.25) is 15.9 Å². The highest BCUT2D eigenvalue weighted by atomic mass is 32.2. The van der Waals surface area contributed by atoms with Gasteiger partial charge in [-0.2, -0.15) is 9.57 Å². The minimum atomic E-state index is -3.97. The molecule has 1 aliphatic heterocycles. The van der Waals surface area contributed by atoms with E-state index in [1.54, 1.807) is 24.3 Å². The largest absolute Gasteiger partial charge is 0.274 e. The Balaban J connectivity index is 1.72. The van der Waals surface area contributed by atoms with Crippen molar-refractivity contribution in [2.75, 3.05) is 4.90 Å². The summed E-state index contributed by atoms with van der Waals surface area (Å²) in [5.41, 5.74) is 1.69. The monoisotopic (exact) mass is 437 g/mol. The third kappa shape index (κ3) is 3.87. The Morgan fingerprint density at radius 1 is 1.00 bits per heavy atom. The van der Waals surface area contributed by atoms with E-state index in [9.17, 15) is 18.0 Å². The van der Waals surface area contributed by atoms with E-state index >= 15 is 0 Å². The van der Waals surface area contributed by atoms with E-state index in [0.717, 1.165) is 23.3 Å². The first-order valence-electron chi connectivity index (χ1n) is 10.3. The number of anilines is 1. The second kappa shape index (κ2) is 8.25. The van der Waals surface area contributed by atoms with E-state index in [-0.39, 0.29) is 17.4 Å². The number of hydrogen-bond acceptors (Lipinski definition) is 5. The molecule has 1 unspecified atom stereocenters. The lowest BCUT2D eigenvalue weighted by atomic mass is 10.1. The third-order valence-electron chi connectivity index (χ3n) is 5.97. The maximum atomic E-state index is 13.6. The van der Waals surface area contributed by atoms with Crippen molar-refractivity contribution in [1.82, 2.24) is 4.31 Å². The van der Waals surface area contributed by atoms with Gasteiger partial charge in [0.25, 0.3) is 5.91 Å². The quantitative estimate of drug-likeness (QED) is 0.669. The zero-order valence-corrected chi connectivity index (χ0v) is 18.0. The molecule has 0 aromatic heterocycles. The van der Waals surface area contributed by atoms with Crippen LogP contribution in [0.2, 0.25) is 0 Å². The molecule has 160 valence electrons. The van der Waals surface area contributed by atoms with E-state index < -0.39 is 27.9 Å². The number of imide groups is 1. The number of nitrogens with zero attached hydrogens (tertiary/aromatic N) is 3. The maximum absolute atomic E-state index is 13.6. The van der Waals surface area contributed by atoms with Crippen LogP contribution in [0, 0.1) is 18.3 Å². The van der Waals surface area contributed by atoms with Gasteiger partial charge in [-0.3, -0.25) is 9.59 Å². The minimum Gasteiger partial charge on any atom is -0.274 e. The number of sulfonamides is 1. The van der Waals surface area contributed by atoms with Crippen molar-refractivity contribution in [3.63, 3.8) is 0 Å². The van der Waals surface area contributed by atoms with Crippen molar-refractivity contribution in [1.29, 1.82) is 5.26 Å². The second-order valence-corrected chi connectivity index (χ2v) is 9.88. The van der Waals surface area contributed by atoms with Crippen molar-refractivity contribution >= 4 is 27.5 Å². The fourth-order valence-electron chi connectivity index (χ4n) is 4.38. The Morgan fingerprint density at radius 2 is 1.61 bits per heavy atom. The van der Waals surface area contributed by atoms with E-state index in [0.29, 0.717) is 24.1 Å². The molecule has 1 atom stereocenters. The summed E-state index contributed by atoms with van der Waals surface area (Å²) in [5.74, 6) is -0.987. The fourth-order valence-corrected chi connectivity index (χ4v) is 6.21. The van der Waals surface area contributed by atoms with E-state index in [1.165, 1.54) is 28.6 Å². The van der Waals surface area contributed by atoms with Crippen LogP contribution in [-0.4, -0.2) is 36.6 Å². The predicted molar refractivity (Wildman–Crippen MR) is 115 cm³/mol. The highest BCUT2D eigenvalue weighted by Crippen LogP contribution is 2.35. The van der Waals surface area contributed by atoms with Crippen molar-refractivity contribution in [3.8, 4) is 6.07 Å². The van der Waals surface area contributed by atoms with Gasteiger partial charge in [0.15, 0.2) is 0 Å². The molecule has 1 saturated carbocycles. The Morgan fingerprint density at radius 3 is 2.19 bits per heavy atom. The fraction of sp³-hybridized carbons (Fsp3) is 0.348. The molecule has 1 aliphatic carbocycles. The lowest BCUT2D eigenvalue weighted by Crippen LogP contribution is -2.49. The molecule has 7 nitrogen and oxygen atoms in total. The van der Waals surface area contributed by atoms with Crippen molar-refractivity contribution in [3.05, 3.63) is 59.7 Å². The van der Waals surface area contributed by atoms with Crippen molar-refractivity contribution in [2.45, 2.75) is 56.0 Å². The van der Waals surface area contributed by atoms with Crippen LogP contribution >= 0.6 is 0 Å². The number of nitriles is 1. The average Bonchev–Trinajstić information content (AvgIpc) is 3.37. The molecule has 2 aliphatic rings. The van der Waals surface area contributed by atoms with Gasteiger partial charge in [-0.25, -0.2) is 13.3 Å². The zero-order chi connectivity index (χ0) is 22.2. The van der Waals surface area contributed by atoms with Crippen molar-refractivity contribution < 1.29 is 18.0 Å². The summed E-state index contributed by atoms with van der Waals surface area (Å²) in [6, 6.07) is 13.3. The standard InChI is InChI=1S/C23H23N3O4S/c1-16-6-12-20(13-7-16)31(29,30)26(19-4-2-3-5-19)21-14-22(27)25(23(21)28)18-10-8-17(15-24)9-11-18/h6-13,19,21H,2-5,14H2,1H3. The van der Waals surface area contributed by atoms with Gasteiger partial charge in [-0.1, -0.05) is 30.5 Å². The van der Waals surface area contributed by atoms with E-state index in [4.69, 9.17) is 5.26 Å². The van der Waals surface area contributed by atoms with Gasteiger partial charge in [-0.15, -0.1) is 0 Å². The number of benzene rings is 2. The highest BCUT2D eigenvalue weighted by molar-refractivity contribution is 7.89. The van der Waals surface area contributed by atoms with Crippen LogP contribution < -0.4 is 4.90 Å². The number of carbonyl (C=O) groups is 2. The Hall–Kier alpha value is -3.02. The lowest BCUT2D eigenvalue weighted by molar-refractivity contribution is -0.122. The van der Waals surface area contributed by atoms with E-state index in [1.807, 2.05) is 13.0 Å². The summed E-state index contributed by atoms with van der Waals surface area (Å²) in [4.78, 5) is 27.3. The number of carbonyl (C=O) groups excluding carboxylic acids is 2. The summed E-state index contributed by atoms with van der Waals surface area (Å²) in [6.07, 6.45) is 2.91. The summed E-state index contributed by atoms with van der Waals surface area (Å²) >= 11 is 0. The van der Waals surface area contributed by atoms with Gasteiger partial charge in [0.1, 0.15) is 6.04 Å². The van der Waals surface area contributed by atoms with E-state index in [2.05, 4.69) is 0 Å². The first kappa shape index (κ1) is 21.2. The number of hydrogen-bond donors (Lipinski definition) is 0. The molecule has 0 N–H and O–H groups in total. The number of aryl methyl sites for hydroxylation is 1. The van der Waals surface area contributed by atoms with Gasteiger partial charge in [0, 0.05) is 6.04 Å². The van der Waals surface area contributed by atoms with Gasteiger partial charge < -0.3 is 0 Å². The van der Waals surface area contributed by atoms with Crippen LogP contribution in [0.25, 0.3) is 0 Å². The molecule has 2 aromatic carbocycles. The Kier molecular flexibility index (Phi) is 5.65. The van der Waals surface area contributed by atoms with Crippen LogP contribution in [0.15, 0.2) is 53.4 Å². The van der Waals surface area contributed by atoms with Crippen LogP contribution in [-0.2, 0) is 19.6 Å². The predicted octanol–water partition coefficient (Wildman–Crippen LogP) is 3.13. The van der Waals surface area contributed by atoms with Crippen LogP contribution in [0.3, 0.4) is 0 Å². The minimum absolute atomic E-state index is 0.127. The normalized spacial score (nSPS) is 19.9. The van der Waals surface area contributed by atoms with Gasteiger partial charge in [-0.05, 0) is 56.2 Å². The molecule has 8 heteroatoms. The number of rotatable bonds is 5. The Labute approximate surface area is 181 Å². The molecule has 4 rings (SSSR count). The molecular weight excluding hydrogens is 414 g/mol. The van der Waals surface area contributed by atoms with Gasteiger partial charge in [0.05, 0.1) is 28.6 Å². The average molecular weight is 438 g/mol. The van der Waals surface area contributed by atoms with Crippen molar-refractivity contribution in [2.24, 2.45) is 0 Å². The molecule has 2 fully saturated rings. The topological polar surface area (TPSA) is 98.6 Å². The zero-order valence-electron chi connectivity index (χ0n) is 17.2. The molecule has 1 saturated heterocycles. The highest BCUT2D eigenvalue weighted by Gasteiger charge is 2.49. The summed E-state index contributed by atoms with van der Waals surface area (Å²) in [7, 11) is -3.97. The summed E-state index contributed by atoms with van der Waals surface area (Å²) < 4.78 is 28.5. The first-order valence-corrected chi connectivity index (χ1v) is 11.7. The smallest absolute Gasteiger partial charge is 0.252 e. The number of amides is 2. The van der Waals surface area contributed by atoms with Gasteiger partial charge >= 0.3 is 0 Å². The van der Waals surface area contributed by atoms with Crippen LogP contribution in [0.5, 0.6) is 0 Å². The molecule has 0 bridgehead atoms. The second-order valence-electron chi connectivity index (χ2n) is 8.03. The summed E-state index contributed by atoms with van der Waals surface area (Å²) in [5, 5.41) is 8.98. The Bertz CT molecular complexity index is 1140. The lowest BCUT2D eigenvalue weighted by Gasteiger charge is -2.32. The molecular formula is C23H23N3O4S.